The topological polar surface area (TPSA) is 335 Å². The summed E-state index contributed by atoms with van der Waals surface area (Å²) in [6, 6.07) is 0. The molecule has 6 aliphatic heterocycles. The van der Waals surface area contributed by atoms with Gasteiger partial charge in [0, 0.05) is 18.3 Å². The zero-order chi connectivity index (χ0) is 52.4. The molecule has 0 amide bonds. The van der Waals surface area contributed by atoms with Gasteiger partial charge in [-0.25, -0.2) is 0 Å². The van der Waals surface area contributed by atoms with Gasteiger partial charge in [0.1, 0.15) is 85.5 Å². The first kappa shape index (κ1) is 55.2. The van der Waals surface area contributed by atoms with Crippen molar-refractivity contribution in [3.05, 3.63) is 11.6 Å². The van der Waals surface area contributed by atoms with Crippen molar-refractivity contribution < 1.29 is 109 Å². The van der Waals surface area contributed by atoms with Crippen LogP contribution in [0.15, 0.2) is 11.6 Å². The molecule has 12 N–H and O–H groups in total. The third-order valence-electron chi connectivity index (χ3n) is 19.9. The molecule has 6 heterocycles. The summed E-state index contributed by atoms with van der Waals surface area (Å²) < 4.78 is 62.2. The van der Waals surface area contributed by atoms with Gasteiger partial charge in [0.05, 0.1) is 50.3 Å². The average molecular weight is 1050 g/mol. The number of aliphatic hydroxyl groups excluding tert-OH is 12. The van der Waals surface area contributed by atoms with Gasteiger partial charge in [-0.1, -0.05) is 39.3 Å². The quantitative estimate of drug-likeness (QED) is 0.106. The van der Waals surface area contributed by atoms with E-state index in [1.165, 1.54) is 19.4 Å². The second-order valence-corrected chi connectivity index (χ2v) is 24.0. The molecule has 22 heteroatoms. The van der Waals surface area contributed by atoms with E-state index in [0.29, 0.717) is 49.5 Å². The van der Waals surface area contributed by atoms with Gasteiger partial charge in [-0.05, 0) is 93.3 Å². The van der Waals surface area contributed by atoms with Crippen LogP contribution in [0.3, 0.4) is 0 Å². The second kappa shape index (κ2) is 20.8. The molecule has 0 aromatic carbocycles. The van der Waals surface area contributed by atoms with Crippen LogP contribution in [0.5, 0.6) is 0 Å². The van der Waals surface area contributed by atoms with Gasteiger partial charge in [-0.2, -0.15) is 0 Å². The van der Waals surface area contributed by atoms with Crippen molar-refractivity contribution >= 4 is 0 Å². The predicted molar refractivity (Wildman–Crippen MR) is 247 cm³/mol. The van der Waals surface area contributed by atoms with E-state index in [4.69, 9.17) is 47.4 Å². The van der Waals surface area contributed by atoms with Gasteiger partial charge in [-0.15, -0.1) is 0 Å². The Bertz CT molecular complexity index is 1950. The summed E-state index contributed by atoms with van der Waals surface area (Å²) in [5.41, 5.74) is 1.21. The summed E-state index contributed by atoms with van der Waals surface area (Å²) in [5, 5.41) is 130. The Hall–Kier alpha value is -1.14. The van der Waals surface area contributed by atoms with Crippen molar-refractivity contribution in [3.8, 4) is 0 Å². The fourth-order valence-corrected chi connectivity index (χ4v) is 15.5. The second-order valence-electron chi connectivity index (χ2n) is 24.0. The van der Waals surface area contributed by atoms with Crippen molar-refractivity contribution in [1.82, 2.24) is 0 Å². The summed E-state index contributed by atoms with van der Waals surface area (Å²) >= 11 is 0. The molecule has 418 valence electrons. The van der Waals surface area contributed by atoms with Crippen molar-refractivity contribution in [2.24, 2.45) is 46.3 Å². The molecule has 10 aliphatic rings. The zero-order valence-corrected chi connectivity index (χ0v) is 42.5. The number of hydrogen-bond donors (Lipinski definition) is 12. The molecular weight excluding hydrogens is 965 g/mol. The highest BCUT2D eigenvalue weighted by atomic mass is 16.8. The SMILES string of the molecule is C[C@@H]1O[C@H](O[C@@H]2[C@@H](O[C@H]3CC[C@@]4(C)C(=CC[C@H]5[C@@H]6C[C@@H]7O[C@@]8(C[C@H](O)[C@@H](C)CO8)[C@@H](C)[C@@H]7[C@]6(C)CC[C@@H]54)C3)O[C@@H](CO)[C@H](O)[C@H]2O[C@H]2O[C@@H](C)[C@H](O[C@H]3O[C@@H](CO)[C@H](O)[C@@H](O)[C@@H]3O)[C@@H](O)[C@@H]2O)[C@@H](O)[C@H](O)[C@H]1O. The van der Waals surface area contributed by atoms with Crippen molar-refractivity contribution in [3.63, 3.8) is 0 Å². The molecule has 0 radical (unpaired) electrons. The van der Waals surface area contributed by atoms with E-state index in [0.717, 1.165) is 32.1 Å². The first-order valence-corrected chi connectivity index (χ1v) is 26.8. The van der Waals surface area contributed by atoms with Crippen LogP contribution in [-0.2, 0) is 47.4 Å². The Morgan fingerprint density at radius 1 is 0.603 bits per heavy atom. The molecule has 0 aromatic heterocycles. The summed E-state index contributed by atoms with van der Waals surface area (Å²) in [5.74, 6) is 1.14. The van der Waals surface area contributed by atoms with Crippen LogP contribution >= 0.6 is 0 Å². The van der Waals surface area contributed by atoms with E-state index in [2.05, 4.69) is 26.8 Å². The monoisotopic (exact) mass is 1050 g/mol. The first-order chi connectivity index (χ1) is 34.5. The van der Waals surface area contributed by atoms with Gasteiger partial charge < -0.3 is 109 Å². The molecule has 6 saturated heterocycles. The Kier molecular flexibility index (Phi) is 15.7. The molecule has 0 bridgehead atoms. The van der Waals surface area contributed by atoms with Crippen LogP contribution in [0, 0.1) is 46.3 Å². The number of rotatable bonds is 10. The highest BCUT2D eigenvalue weighted by Gasteiger charge is 2.69. The van der Waals surface area contributed by atoms with Gasteiger partial charge in [-0.3, -0.25) is 0 Å². The lowest BCUT2D eigenvalue weighted by Gasteiger charge is -2.59. The van der Waals surface area contributed by atoms with E-state index in [9.17, 15) is 61.3 Å². The van der Waals surface area contributed by atoms with Crippen LogP contribution in [0.4, 0.5) is 0 Å². The third-order valence-corrected chi connectivity index (χ3v) is 19.9. The standard InChI is InChI=1S/C51H82O22/c1-19-18-64-51(15-28(19)54)20(2)32-29(73-51)14-27-25-8-7-23-13-24(9-11-49(23,5)26(25)10-12-50(27,32)6)67-48-44(72-45-39(61)36(58)33(55)21(3)65-45)43(35(57)31(17-53)69-48)71-46-41(63)38(60)42(22(4)66-46)70-47-40(62)37(59)34(56)30(16-52)68-47/h7,19-22,24-48,52-63H,8-18H2,1-6H3/t19-,20-,21-,22-,24-,25+,26-,27-,28-,29-,30-,31-,32-,33-,34-,35-,36+,37+,38-,39-,40-,41-,42-,43+,44-,45+,46+,47+,48-,49-,50+,51-/m0/s1. The minimum Gasteiger partial charge on any atom is -0.394 e. The fourth-order valence-electron chi connectivity index (χ4n) is 15.5. The van der Waals surface area contributed by atoms with E-state index in [-0.39, 0.29) is 28.8 Å². The minimum absolute atomic E-state index is 0.0633. The van der Waals surface area contributed by atoms with Crippen LogP contribution in [0.25, 0.3) is 0 Å². The van der Waals surface area contributed by atoms with Crippen molar-refractivity contribution in [2.75, 3.05) is 19.8 Å². The van der Waals surface area contributed by atoms with Gasteiger partial charge >= 0.3 is 0 Å². The lowest BCUT2D eigenvalue weighted by Crippen LogP contribution is -2.67. The highest BCUT2D eigenvalue weighted by molar-refractivity contribution is 5.26. The van der Waals surface area contributed by atoms with E-state index in [1.54, 1.807) is 0 Å². The maximum absolute atomic E-state index is 11.8. The maximum Gasteiger partial charge on any atom is 0.187 e. The molecule has 0 unspecified atom stereocenters. The van der Waals surface area contributed by atoms with Crippen LogP contribution in [0.1, 0.15) is 92.9 Å². The third kappa shape index (κ3) is 9.32. The number of allylic oxidation sites excluding steroid dienone is 1. The molecular formula is C51H82O22. The predicted octanol–water partition coefficient (Wildman–Crippen LogP) is -1.96. The zero-order valence-electron chi connectivity index (χ0n) is 42.5. The van der Waals surface area contributed by atoms with Crippen molar-refractivity contribution in [1.29, 1.82) is 0 Å². The number of hydrogen-bond acceptors (Lipinski definition) is 22. The number of aliphatic hydroxyl groups is 12. The molecule has 0 aromatic rings. The lowest BCUT2D eigenvalue weighted by atomic mass is 9.47. The molecule has 3 saturated carbocycles. The summed E-state index contributed by atoms with van der Waals surface area (Å²) in [6.07, 6.45) is -23.8. The molecule has 9 fully saturated rings. The van der Waals surface area contributed by atoms with Crippen LogP contribution < -0.4 is 0 Å². The Morgan fingerprint density at radius 2 is 1.21 bits per heavy atom. The maximum atomic E-state index is 11.8. The average Bonchev–Trinajstić information content (AvgIpc) is 3.81. The van der Waals surface area contributed by atoms with Crippen LogP contribution in [0.2, 0.25) is 0 Å². The minimum atomic E-state index is -1.93. The number of fused-ring (bicyclic) bond motifs is 7. The number of ether oxygens (including phenoxy) is 10. The summed E-state index contributed by atoms with van der Waals surface area (Å²) in [6.45, 7) is 11.1. The molecule has 1 spiro atoms. The first-order valence-electron chi connectivity index (χ1n) is 26.8. The van der Waals surface area contributed by atoms with E-state index < -0.39 is 154 Å². The summed E-state index contributed by atoms with van der Waals surface area (Å²) in [4.78, 5) is 0. The van der Waals surface area contributed by atoms with Gasteiger partial charge in [0.15, 0.2) is 30.9 Å². The Balaban J connectivity index is 0.860. The largest absolute Gasteiger partial charge is 0.394 e. The fraction of sp³-hybridized carbons (Fsp3) is 0.961. The smallest absolute Gasteiger partial charge is 0.187 e. The van der Waals surface area contributed by atoms with Crippen LogP contribution in [-0.4, -0.2) is 228 Å². The van der Waals surface area contributed by atoms with E-state index in [1.807, 2.05) is 6.92 Å². The molecule has 73 heavy (non-hydrogen) atoms. The lowest BCUT2D eigenvalue weighted by molar-refractivity contribution is -0.398. The van der Waals surface area contributed by atoms with E-state index >= 15 is 0 Å². The molecule has 4 aliphatic carbocycles. The molecule has 22 nitrogen and oxygen atoms in total. The van der Waals surface area contributed by atoms with Gasteiger partial charge in [0.25, 0.3) is 0 Å². The van der Waals surface area contributed by atoms with Gasteiger partial charge in [0.2, 0.25) is 0 Å². The highest BCUT2D eigenvalue weighted by Crippen LogP contribution is 2.71. The van der Waals surface area contributed by atoms with Crippen molar-refractivity contribution in [2.45, 2.75) is 240 Å². The molecule has 10 rings (SSSR count). The summed E-state index contributed by atoms with van der Waals surface area (Å²) in [7, 11) is 0. The normalized spacial score (nSPS) is 58.2. The molecule has 32 atom stereocenters. The Morgan fingerprint density at radius 3 is 1.89 bits per heavy atom. The Labute approximate surface area is 425 Å².